The molecule has 30 heavy (non-hydrogen) atoms. The Labute approximate surface area is 176 Å². The Balaban J connectivity index is 1.28. The summed E-state index contributed by atoms with van der Waals surface area (Å²) in [6, 6.07) is 12.9. The molecular formula is C24H26N2O4. The second kappa shape index (κ2) is 8.11. The average molecular weight is 406 g/mol. The summed E-state index contributed by atoms with van der Waals surface area (Å²) >= 11 is 0. The highest BCUT2D eigenvalue weighted by Crippen LogP contribution is 2.32. The van der Waals surface area contributed by atoms with Crippen molar-refractivity contribution in [1.82, 2.24) is 10.2 Å². The summed E-state index contributed by atoms with van der Waals surface area (Å²) in [7, 11) is 0. The van der Waals surface area contributed by atoms with Crippen LogP contribution in [0.3, 0.4) is 0 Å². The molecule has 1 saturated carbocycles. The zero-order chi connectivity index (χ0) is 20.5. The van der Waals surface area contributed by atoms with Crippen LogP contribution in [0.25, 0.3) is 0 Å². The molecule has 2 heterocycles. The number of fused-ring (bicyclic) bond motifs is 1. The molecule has 0 radical (unpaired) electrons. The van der Waals surface area contributed by atoms with Gasteiger partial charge in [0.2, 0.25) is 0 Å². The minimum absolute atomic E-state index is 0.193. The van der Waals surface area contributed by atoms with E-state index in [1.165, 1.54) is 12.8 Å². The fraction of sp³-hybridized carbons (Fsp3) is 0.417. The van der Waals surface area contributed by atoms with E-state index in [1.54, 1.807) is 42.5 Å². The third kappa shape index (κ3) is 3.92. The lowest BCUT2D eigenvalue weighted by atomic mass is 9.97. The van der Waals surface area contributed by atoms with Gasteiger partial charge in [0, 0.05) is 30.3 Å². The highest BCUT2D eigenvalue weighted by molar-refractivity contribution is 6.15. The zero-order valence-corrected chi connectivity index (χ0v) is 16.9. The molecular weight excluding hydrogens is 380 g/mol. The molecule has 3 aliphatic rings. The van der Waals surface area contributed by atoms with Crippen molar-refractivity contribution in [1.29, 1.82) is 0 Å². The highest BCUT2D eigenvalue weighted by Gasteiger charge is 2.34. The molecule has 6 heteroatoms. The van der Waals surface area contributed by atoms with Gasteiger partial charge in [-0.1, -0.05) is 18.2 Å². The molecule has 156 valence electrons. The highest BCUT2D eigenvalue weighted by atomic mass is 16.6. The topological polar surface area (TPSA) is 67.9 Å². The number of amides is 1. The van der Waals surface area contributed by atoms with E-state index in [1.807, 2.05) is 0 Å². The normalized spacial score (nSPS) is 20.7. The number of hydrogen-bond donors (Lipinski definition) is 1. The first-order valence-electron chi connectivity index (χ1n) is 10.7. The molecule has 1 saturated heterocycles. The van der Waals surface area contributed by atoms with Crippen molar-refractivity contribution in [3.8, 4) is 11.5 Å². The van der Waals surface area contributed by atoms with E-state index in [-0.39, 0.29) is 11.7 Å². The standard InChI is InChI=1S/C24H26N2O4/c27-23(17-5-8-21-22(13-17)30-12-11-29-21)19-3-1-2-4-20(19)24(28)25-14-16-9-10-26(15-16)18-6-7-18/h1-5,8,13,16,18H,6-7,9-12,14-15H2,(H,25,28)/t16-/m1/s1. The molecule has 0 bridgehead atoms. The second-order valence-corrected chi connectivity index (χ2v) is 8.32. The fourth-order valence-corrected chi connectivity index (χ4v) is 4.35. The Morgan fingerprint density at radius 1 is 0.967 bits per heavy atom. The summed E-state index contributed by atoms with van der Waals surface area (Å²) in [6.07, 6.45) is 3.75. The van der Waals surface area contributed by atoms with Gasteiger partial charge in [0.25, 0.3) is 5.91 Å². The fourth-order valence-electron chi connectivity index (χ4n) is 4.35. The van der Waals surface area contributed by atoms with Gasteiger partial charge in [-0.15, -0.1) is 0 Å². The Morgan fingerprint density at radius 3 is 2.53 bits per heavy atom. The third-order valence-electron chi connectivity index (χ3n) is 6.15. The van der Waals surface area contributed by atoms with Crippen LogP contribution in [-0.4, -0.2) is 55.5 Å². The van der Waals surface area contributed by atoms with E-state index < -0.39 is 0 Å². The van der Waals surface area contributed by atoms with Crippen LogP contribution >= 0.6 is 0 Å². The quantitative estimate of drug-likeness (QED) is 0.747. The smallest absolute Gasteiger partial charge is 0.252 e. The minimum atomic E-state index is -0.196. The maximum atomic E-state index is 13.2. The molecule has 1 aliphatic carbocycles. The largest absolute Gasteiger partial charge is 0.486 e. The van der Waals surface area contributed by atoms with E-state index in [4.69, 9.17) is 9.47 Å². The summed E-state index contributed by atoms with van der Waals surface area (Å²) in [5.74, 6) is 1.30. The first kappa shape index (κ1) is 19.1. The van der Waals surface area contributed by atoms with Crippen LogP contribution in [0.2, 0.25) is 0 Å². The Hall–Kier alpha value is -2.86. The number of carbonyl (C=O) groups is 2. The van der Waals surface area contributed by atoms with Crippen molar-refractivity contribution < 1.29 is 19.1 Å². The van der Waals surface area contributed by atoms with Crippen molar-refractivity contribution in [3.05, 3.63) is 59.2 Å². The lowest BCUT2D eigenvalue weighted by Gasteiger charge is -2.19. The second-order valence-electron chi connectivity index (χ2n) is 8.32. The lowest BCUT2D eigenvalue weighted by Crippen LogP contribution is -2.32. The van der Waals surface area contributed by atoms with Crippen molar-refractivity contribution in [2.75, 3.05) is 32.8 Å². The summed E-state index contributed by atoms with van der Waals surface area (Å²) in [5.41, 5.74) is 1.29. The summed E-state index contributed by atoms with van der Waals surface area (Å²) < 4.78 is 11.1. The SMILES string of the molecule is O=C(NC[C@H]1CCN(C2CC2)C1)c1ccccc1C(=O)c1ccc2c(c1)OCCO2. The number of hydrogen-bond acceptors (Lipinski definition) is 5. The number of ether oxygens (including phenoxy) is 2. The number of carbonyl (C=O) groups excluding carboxylic acids is 2. The molecule has 1 amide bonds. The first-order chi connectivity index (χ1) is 14.7. The molecule has 6 nitrogen and oxygen atoms in total. The van der Waals surface area contributed by atoms with Gasteiger partial charge in [0.15, 0.2) is 17.3 Å². The van der Waals surface area contributed by atoms with Crippen molar-refractivity contribution in [2.24, 2.45) is 5.92 Å². The summed E-state index contributed by atoms with van der Waals surface area (Å²) in [5, 5.41) is 3.05. The number of benzene rings is 2. The van der Waals surface area contributed by atoms with E-state index in [9.17, 15) is 9.59 Å². The lowest BCUT2D eigenvalue weighted by molar-refractivity contribution is 0.0936. The Bertz CT molecular complexity index is 969. The van der Waals surface area contributed by atoms with E-state index in [0.717, 1.165) is 25.6 Å². The molecule has 5 rings (SSSR count). The van der Waals surface area contributed by atoms with Gasteiger partial charge in [0.1, 0.15) is 13.2 Å². The van der Waals surface area contributed by atoms with Gasteiger partial charge < -0.3 is 19.7 Å². The van der Waals surface area contributed by atoms with E-state index in [2.05, 4.69) is 10.2 Å². The van der Waals surface area contributed by atoms with Crippen LogP contribution < -0.4 is 14.8 Å². The number of likely N-dealkylation sites (tertiary alicyclic amines) is 1. The van der Waals surface area contributed by atoms with Crippen molar-refractivity contribution >= 4 is 11.7 Å². The molecule has 2 aliphatic heterocycles. The van der Waals surface area contributed by atoms with Crippen LogP contribution in [0.15, 0.2) is 42.5 Å². The molecule has 0 unspecified atom stereocenters. The summed E-state index contributed by atoms with van der Waals surface area (Å²) in [6.45, 7) is 3.80. The number of rotatable bonds is 6. The summed E-state index contributed by atoms with van der Waals surface area (Å²) in [4.78, 5) is 28.6. The molecule has 1 N–H and O–H groups in total. The third-order valence-corrected chi connectivity index (χ3v) is 6.15. The molecule has 1 atom stereocenters. The van der Waals surface area contributed by atoms with E-state index in [0.29, 0.717) is 53.9 Å². The monoisotopic (exact) mass is 406 g/mol. The maximum Gasteiger partial charge on any atom is 0.252 e. The minimum Gasteiger partial charge on any atom is -0.486 e. The molecule has 0 aromatic heterocycles. The van der Waals surface area contributed by atoms with Crippen molar-refractivity contribution in [2.45, 2.75) is 25.3 Å². The Morgan fingerprint density at radius 2 is 1.73 bits per heavy atom. The van der Waals surface area contributed by atoms with Gasteiger partial charge in [-0.2, -0.15) is 0 Å². The number of ketones is 1. The van der Waals surface area contributed by atoms with E-state index >= 15 is 0 Å². The zero-order valence-electron chi connectivity index (χ0n) is 16.9. The number of nitrogens with one attached hydrogen (secondary N) is 1. The van der Waals surface area contributed by atoms with Gasteiger partial charge in [-0.3, -0.25) is 9.59 Å². The van der Waals surface area contributed by atoms with Gasteiger partial charge in [-0.05, 0) is 56.0 Å². The van der Waals surface area contributed by atoms with Crippen LogP contribution in [-0.2, 0) is 0 Å². The van der Waals surface area contributed by atoms with Gasteiger partial charge >= 0.3 is 0 Å². The van der Waals surface area contributed by atoms with Gasteiger partial charge in [0.05, 0.1) is 5.56 Å². The molecule has 2 aromatic carbocycles. The molecule has 2 aromatic rings. The van der Waals surface area contributed by atoms with Crippen LogP contribution in [0.1, 0.15) is 45.5 Å². The average Bonchev–Trinajstić information content (AvgIpc) is 3.54. The number of nitrogens with zero attached hydrogens (tertiary/aromatic N) is 1. The predicted octanol–water partition coefficient (Wildman–Crippen LogP) is 2.90. The first-order valence-corrected chi connectivity index (χ1v) is 10.7. The predicted molar refractivity (Wildman–Crippen MR) is 112 cm³/mol. The van der Waals surface area contributed by atoms with Crippen LogP contribution in [0.4, 0.5) is 0 Å². The maximum absolute atomic E-state index is 13.2. The van der Waals surface area contributed by atoms with Crippen LogP contribution in [0.5, 0.6) is 11.5 Å². The molecule has 0 spiro atoms. The molecule has 2 fully saturated rings. The Kier molecular flexibility index (Phi) is 5.17. The van der Waals surface area contributed by atoms with Gasteiger partial charge in [-0.25, -0.2) is 0 Å². The van der Waals surface area contributed by atoms with Crippen LogP contribution in [0, 0.1) is 5.92 Å². The van der Waals surface area contributed by atoms with Crippen molar-refractivity contribution in [3.63, 3.8) is 0 Å².